The van der Waals surface area contributed by atoms with E-state index in [1.54, 1.807) is 12.3 Å². The molecule has 1 N–H and O–H groups in total. The molecule has 1 rings (SSSR count). The Morgan fingerprint density at radius 2 is 1.95 bits per heavy atom. The lowest BCUT2D eigenvalue weighted by molar-refractivity contribution is 0.462. The van der Waals surface area contributed by atoms with Crippen LogP contribution in [-0.2, 0) is 0 Å². The van der Waals surface area contributed by atoms with Gasteiger partial charge in [0.2, 0.25) is 0 Å². The number of hydrogen-bond acceptors (Lipinski definition) is 2. The molecule has 108 valence electrons. The van der Waals surface area contributed by atoms with Gasteiger partial charge in [-0.05, 0) is 25.5 Å². The lowest BCUT2D eigenvalue weighted by Crippen LogP contribution is -2.23. The normalized spacial score (nSPS) is 12.6. The second-order valence-corrected chi connectivity index (χ2v) is 5.72. The molecule has 0 amide bonds. The maximum Gasteiger partial charge on any atom is 0.0760 e. The zero-order chi connectivity index (χ0) is 14.1. The Hall–Kier alpha value is -0.310. The van der Waals surface area contributed by atoms with Crippen molar-refractivity contribution in [3.63, 3.8) is 0 Å². The lowest BCUT2D eigenvalue weighted by atomic mass is 10.0. The molecule has 0 saturated carbocycles. The third kappa shape index (κ3) is 6.11. The van der Waals surface area contributed by atoms with Crippen LogP contribution in [0.3, 0.4) is 0 Å². The van der Waals surface area contributed by atoms with E-state index >= 15 is 0 Å². The smallest absolute Gasteiger partial charge is 0.0760 e. The van der Waals surface area contributed by atoms with Crippen LogP contribution < -0.4 is 5.32 Å². The molecular formula is C15H24Cl2N2. The number of nitrogens with one attached hydrogen (secondary N) is 1. The fourth-order valence-corrected chi connectivity index (χ4v) is 2.62. The molecule has 1 unspecified atom stereocenters. The third-order valence-corrected chi connectivity index (χ3v) is 3.66. The van der Waals surface area contributed by atoms with Crippen molar-refractivity contribution in [1.29, 1.82) is 0 Å². The van der Waals surface area contributed by atoms with E-state index in [0.717, 1.165) is 25.1 Å². The predicted molar refractivity (Wildman–Crippen MR) is 84.1 cm³/mol. The van der Waals surface area contributed by atoms with Crippen LogP contribution in [0.4, 0.5) is 0 Å². The van der Waals surface area contributed by atoms with E-state index in [-0.39, 0.29) is 6.04 Å². The van der Waals surface area contributed by atoms with Gasteiger partial charge in [0.05, 0.1) is 21.8 Å². The van der Waals surface area contributed by atoms with E-state index < -0.39 is 0 Å². The van der Waals surface area contributed by atoms with Gasteiger partial charge in [-0.15, -0.1) is 0 Å². The maximum atomic E-state index is 6.26. The number of rotatable bonds is 9. The predicted octanol–water partition coefficient (Wildman–Crippen LogP) is 5.40. The molecule has 4 heteroatoms. The minimum absolute atomic E-state index is 0.238. The fourth-order valence-electron chi connectivity index (χ4n) is 2.11. The second-order valence-electron chi connectivity index (χ2n) is 4.88. The first-order valence-electron chi connectivity index (χ1n) is 7.23. The van der Waals surface area contributed by atoms with Crippen molar-refractivity contribution >= 4 is 23.2 Å². The molecule has 0 aliphatic heterocycles. The number of nitrogens with zero attached hydrogens (tertiary/aromatic N) is 1. The fraction of sp³-hybridized carbons (Fsp3) is 0.667. The van der Waals surface area contributed by atoms with E-state index in [9.17, 15) is 0 Å². The molecule has 0 radical (unpaired) electrons. The Morgan fingerprint density at radius 3 is 2.58 bits per heavy atom. The van der Waals surface area contributed by atoms with Gasteiger partial charge in [-0.2, -0.15) is 0 Å². The topological polar surface area (TPSA) is 24.9 Å². The molecule has 19 heavy (non-hydrogen) atoms. The minimum Gasteiger partial charge on any atom is -0.309 e. The van der Waals surface area contributed by atoms with Crippen LogP contribution in [0, 0.1) is 0 Å². The van der Waals surface area contributed by atoms with Crippen molar-refractivity contribution in [2.24, 2.45) is 0 Å². The van der Waals surface area contributed by atoms with E-state index in [4.69, 9.17) is 23.2 Å². The first kappa shape index (κ1) is 16.7. The van der Waals surface area contributed by atoms with Gasteiger partial charge in [-0.1, -0.05) is 62.7 Å². The highest BCUT2D eigenvalue weighted by atomic mass is 35.5. The summed E-state index contributed by atoms with van der Waals surface area (Å²) in [4.78, 5) is 4.40. The van der Waals surface area contributed by atoms with Crippen LogP contribution in [0.15, 0.2) is 12.3 Å². The summed E-state index contributed by atoms with van der Waals surface area (Å²) in [5, 5.41) is 4.79. The summed E-state index contributed by atoms with van der Waals surface area (Å²) in [6.45, 7) is 5.38. The summed E-state index contributed by atoms with van der Waals surface area (Å²) in [6, 6.07) is 2.01. The Morgan fingerprint density at radius 1 is 1.16 bits per heavy atom. The molecule has 1 aromatic rings. The highest BCUT2D eigenvalue weighted by molar-refractivity contribution is 6.34. The molecule has 0 aliphatic carbocycles. The summed E-state index contributed by atoms with van der Waals surface area (Å²) in [6.07, 6.45) is 8.89. The van der Waals surface area contributed by atoms with Crippen LogP contribution in [0.1, 0.15) is 64.1 Å². The van der Waals surface area contributed by atoms with E-state index in [1.807, 2.05) is 0 Å². The third-order valence-electron chi connectivity index (χ3n) is 3.15. The summed E-state index contributed by atoms with van der Waals surface area (Å²) in [5.41, 5.74) is 0.927. The van der Waals surface area contributed by atoms with Gasteiger partial charge in [-0.3, -0.25) is 4.98 Å². The van der Waals surface area contributed by atoms with Crippen molar-refractivity contribution in [3.05, 3.63) is 28.0 Å². The quantitative estimate of drug-likeness (QED) is 0.618. The minimum atomic E-state index is 0.238. The van der Waals surface area contributed by atoms with Crippen LogP contribution in [0.2, 0.25) is 10.0 Å². The van der Waals surface area contributed by atoms with Gasteiger partial charge >= 0.3 is 0 Å². The van der Waals surface area contributed by atoms with Crippen molar-refractivity contribution in [3.8, 4) is 0 Å². The van der Waals surface area contributed by atoms with Crippen LogP contribution in [0.5, 0.6) is 0 Å². The van der Waals surface area contributed by atoms with Crippen LogP contribution in [0.25, 0.3) is 0 Å². The summed E-state index contributed by atoms with van der Waals surface area (Å²) >= 11 is 12.2. The number of halogens is 2. The molecule has 0 fully saturated rings. The molecule has 0 saturated heterocycles. The average molecular weight is 303 g/mol. The van der Waals surface area contributed by atoms with Gasteiger partial charge in [0, 0.05) is 6.20 Å². The molecule has 0 aliphatic rings. The monoisotopic (exact) mass is 302 g/mol. The van der Waals surface area contributed by atoms with Crippen LogP contribution in [-0.4, -0.2) is 11.5 Å². The maximum absolute atomic E-state index is 6.26. The number of aromatic nitrogens is 1. The van der Waals surface area contributed by atoms with E-state index in [2.05, 4.69) is 24.1 Å². The Kier molecular flexibility index (Phi) is 8.43. The summed E-state index contributed by atoms with van der Waals surface area (Å²) < 4.78 is 0. The number of unbranched alkanes of at least 4 members (excludes halogenated alkanes) is 3. The van der Waals surface area contributed by atoms with E-state index in [1.165, 1.54) is 25.7 Å². The van der Waals surface area contributed by atoms with Crippen molar-refractivity contribution in [2.45, 2.75) is 58.4 Å². The highest BCUT2D eigenvalue weighted by Gasteiger charge is 2.15. The zero-order valence-corrected chi connectivity index (χ0v) is 13.4. The van der Waals surface area contributed by atoms with Crippen molar-refractivity contribution in [2.75, 3.05) is 6.54 Å². The van der Waals surface area contributed by atoms with Crippen LogP contribution >= 0.6 is 23.2 Å². The summed E-state index contributed by atoms with van der Waals surface area (Å²) in [5.74, 6) is 0. The largest absolute Gasteiger partial charge is 0.309 e. The second kappa shape index (κ2) is 9.57. The standard InChI is InChI=1S/C15H24Cl2N2/c1-3-5-6-7-8-14(18-9-4-2)15-13(17)10-12(16)11-19-15/h10-11,14,18H,3-9H2,1-2H3. The molecule has 1 aromatic heterocycles. The molecule has 1 heterocycles. The summed E-state index contributed by atoms with van der Waals surface area (Å²) in [7, 11) is 0. The zero-order valence-electron chi connectivity index (χ0n) is 11.9. The van der Waals surface area contributed by atoms with Gasteiger partial charge in [0.15, 0.2) is 0 Å². The highest BCUT2D eigenvalue weighted by Crippen LogP contribution is 2.27. The first-order chi connectivity index (χ1) is 9.19. The van der Waals surface area contributed by atoms with Crippen molar-refractivity contribution < 1.29 is 0 Å². The molecule has 0 aromatic carbocycles. The molecule has 0 spiro atoms. The number of hydrogen-bond donors (Lipinski definition) is 1. The molecule has 0 bridgehead atoms. The Bertz CT molecular complexity index is 369. The van der Waals surface area contributed by atoms with Gasteiger partial charge in [-0.25, -0.2) is 0 Å². The average Bonchev–Trinajstić information content (AvgIpc) is 2.39. The first-order valence-corrected chi connectivity index (χ1v) is 7.99. The lowest BCUT2D eigenvalue weighted by Gasteiger charge is -2.19. The number of pyridine rings is 1. The molecule has 1 atom stereocenters. The molecule has 2 nitrogen and oxygen atoms in total. The SMILES string of the molecule is CCCCCCC(NCCC)c1ncc(Cl)cc1Cl. The van der Waals surface area contributed by atoms with E-state index in [0.29, 0.717) is 10.0 Å². The van der Waals surface area contributed by atoms with Gasteiger partial charge in [0.25, 0.3) is 0 Å². The Balaban J connectivity index is 2.66. The van der Waals surface area contributed by atoms with Crippen molar-refractivity contribution in [1.82, 2.24) is 10.3 Å². The Labute approximate surface area is 126 Å². The van der Waals surface area contributed by atoms with Gasteiger partial charge < -0.3 is 5.32 Å². The van der Waals surface area contributed by atoms with Gasteiger partial charge in [0.1, 0.15) is 0 Å². The molecular weight excluding hydrogens is 279 g/mol.